The second kappa shape index (κ2) is 15.0. The molecule has 1 aliphatic heterocycles. The average Bonchev–Trinajstić information content (AvgIpc) is 3.47. The summed E-state index contributed by atoms with van der Waals surface area (Å²) in [6, 6.07) is 13.9. The van der Waals surface area contributed by atoms with Crippen LogP contribution in [-0.4, -0.2) is 62.7 Å². The van der Waals surface area contributed by atoms with Gasteiger partial charge in [-0.05, 0) is 84.6 Å². The molecule has 0 saturated carbocycles. The third-order valence-electron chi connectivity index (χ3n) is 9.02. The Bertz CT molecular complexity index is 1890. The molecule has 0 radical (unpaired) electrons. The molecule has 1 saturated heterocycles. The maximum Gasteiger partial charge on any atom is 0.337 e. The molecule has 3 heterocycles. The van der Waals surface area contributed by atoms with E-state index in [9.17, 15) is 9.90 Å². The molecule has 0 aliphatic carbocycles. The number of carboxylic acids is 1. The molecule has 1 fully saturated rings. The summed E-state index contributed by atoms with van der Waals surface area (Å²) in [5.41, 5.74) is 4.75. The number of carboxylic acid groups (broad SMARTS) is 1. The standard InChI is InChI=1S/C40H49ClN4O5/c1-10-13-26(4)49-35-29(28-17-16-25(3)31(41)23-28)14-12-15-30(35)32-24-33-42-27(5)34(36(38(46)47)50-39(6,7)8)37(45(33)43-32)44-20-18-40(9,19-21-44)48-22-11-2/h10-12,14-17,23-24,26,36H,1-2,13,18-22H2,3-9H3,(H,46,47)/t26-,36?/m0/s1. The largest absolute Gasteiger partial charge is 0.489 e. The minimum absolute atomic E-state index is 0.162. The van der Waals surface area contributed by atoms with Gasteiger partial charge in [-0.3, -0.25) is 0 Å². The third kappa shape index (κ3) is 8.06. The van der Waals surface area contributed by atoms with Gasteiger partial charge in [-0.2, -0.15) is 9.61 Å². The van der Waals surface area contributed by atoms with Crippen molar-refractivity contribution >= 4 is 29.0 Å². The van der Waals surface area contributed by atoms with Crippen molar-refractivity contribution < 1.29 is 24.1 Å². The van der Waals surface area contributed by atoms with E-state index in [1.807, 2.05) is 90.1 Å². The molecule has 0 bridgehead atoms. The van der Waals surface area contributed by atoms with E-state index in [1.54, 1.807) is 10.6 Å². The van der Waals surface area contributed by atoms with E-state index >= 15 is 0 Å². The number of hydrogen-bond acceptors (Lipinski definition) is 7. The van der Waals surface area contributed by atoms with Gasteiger partial charge in [0, 0.05) is 47.4 Å². The maximum atomic E-state index is 12.9. The van der Waals surface area contributed by atoms with E-state index in [4.69, 9.17) is 35.9 Å². The van der Waals surface area contributed by atoms with Gasteiger partial charge in [0.05, 0.1) is 35.2 Å². The van der Waals surface area contributed by atoms with Gasteiger partial charge in [-0.25, -0.2) is 9.78 Å². The van der Waals surface area contributed by atoms with Gasteiger partial charge in [-0.1, -0.05) is 48.0 Å². The number of anilines is 1. The Morgan fingerprint density at radius 3 is 2.42 bits per heavy atom. The Labute approximate surface area is 300 Å². The van der Waals surface area contributed by atoms with Gasteiger partial charge >= 0.3 is 5.97 Å². The molecule has 9 nitrogen and oxygen atoms in total. The Hall–Kier alpha value is -4.18. The van der Waals surface area contributed by atoms with Gasteiger partial charge in [0.2, 0.25) is 0 Å². The van der Waals surface area contributed by atoms with E-state index in [1.165, 1.54) is 0 Å². The summed E-state index contributed by atoms with van der Waals surface area (Å²) in [7, 11) is 0. The topological polar surface area (TPSA) is 98.4 Å². The van der Waals surface area contributed by atoms with Crippen LogP contribution in [0.1, 0.15) is 76.8 Å². The number of aromatic nitrogens is 3. The first-order valence-electron chi connectivity index (χ1n) is 17.1. The first kappa shape index (κ1) is 37.1. The van der Waals surface area contributed by atoms with Crippen molar-refractivity contribution in [2.24, 2.45) is 0 Å². The van der Waals surface area contributed by atoms with Crippen molar-refractivity contribution in [2.75, 3.05) is 24.6 Å². The Morgan fingerprint density at radius 1 is 1.10 bits per heavy atom. The molecule has 266 valence electrons. The summed E-state index contributed by atoms with van der Waals surface area (Å²) in [4.78, 5) is 20.0. The van der Waals surface area contributed by atoms with E-state index in [2.05, 4.69) is 25.0 Å². The monoisotopic (exact) mass is 700 g/mol. The van der Waals surface area contributed by atoms with Crippen LogP contribution in [0, 0.1) is 13.8 Å². The normalized spacial score (nSPS) is 15.9. The maximum absolute atomic E-state index is 12.9. The number of halogens is 1. The second-order valence-corrected chi connectivity index (χ2v) is 14.7. The fraction of sp³-hybridized carbons (Fsp3) is 0.425. The number of carbonyl (C=O) groups is 1. The lowest BCUT2D eigenvalue weighted by Gasteiger charge is -2.41. The number of rotatable bonds is 13. The molecule has 0 amide bonds. The molecule has 1 unspecified atom stereocenters. The summed E-state index contributed by atoms with van der Waals surface area (Å²) in [5, 5.41) is 16.4. The highest BCUT2D eigenvalue weighted by Crippen LogP contribution is 2.43. The number of ether oxygens (including phenoxy) is 3. The summed E-state index contributed by atoms with van der Waals surface area (Å²) < 4.78 is 20.8. The highest BCUT2D eigenvalue weighted by Gasteiger charge is 2.38. The molecule has 1 N–H and O–H groups in total. The van der Waals surface area contributed by atoms with Gasteiger partial charge in [0.1, 0.15) is 11.6 Å². The predicted octanol–water partition coefficient (Wildman–Crippen LogP) is 9.18. The number of piperidine rings is 1. The molecule has 2 aromatic heterocycles. The molecule has 1 aliphatic rings. The van der Waals surface area contributed by atoms with Crippen molar-refractivity contribution in [3.63, 3.8) is 0 Å². The van der Waals surface area contributed by atoms with Crippen molar-refractivity contribution in [1.29, 1.82) is 0 Å². The van der Waals surface area contributed by atoms with Crippen LogP contribution in [0.3, 0.4) is 0 Å². The average molecular weight is 701 g/mol. The molecule has 4 aromatic rings. The Morgan fingerprint density at radius 2 is 1.80 bits per heavy atom. The lowest BCUT2D eigenvalue weighted by Crippen LogP contribution is -2.45. The van der Waals surface area contributed by atoms with Crippen molar-refractivity contribution in [3.05, 3.63) is 89.6 Å². The van der Waals surface area contributed by atoms with E-state index in [0.29, 0.717) is 65.3 Å². The smallest absolute Gasteiger partial charge is 0.337 e. The van der Waals surface area contributed by atoms with E-state index in [-0.39, 0.29) is 11.7 Å². The Kier molecular flexibility index (Phi) is 11.1. The van der Waals surface area contributed by atoms with Crippen LogP contribution in [0.4, 0.5) is 5.82 Å². The lowest BCUT2D eigenvalue weighted by atomic mass is 9.92. The molecule has 0 spiro atoms. The zero-order chi connectivity index (χ0) is 36.4. The van der Waals surface area contributed by atoms with Gasteiger partial charge in [-0.15, -0.1) is 13.2 Å². The lowest BCUT2D eigenvalue weighted by molar-refractivity contribution is -0.160. The van der Waals surface area contributed by atoms with E-state index < -0.39 is 17.7 Å². The quantitative estimate of drug-likeness (QED) is 0.138. The third-order valence-corrected chi connectivity index (χ3v) is 9.43. The highest BCUT2D eigenvalue weighted by atomic mass is 35.5. The van der Waals surface area contributed by atoms with E-state index in [0.717, 1.165) is 35.1 Å². The van der Waals surface area contributed by atoms with Gasteiger partial charge < -0.3 is 24.2 Å². The number of fused-ring (bicyclic) bond motifs is 1. The van der Waals surface area contributed by atoms with Crippen LogP contribution in [0.2, 0.25) is 5.02 Å². The number of aryl methyl sites for hydroxylation is 2. The number of benzene rings is 2. The molecule has 50 heavy (non-hydrogen) atoms. The fourth-order valence-corrected chi connectivity index (χ4v) is 6.56. The molecular weight excluding hydrogens is 652 g/mol. The first-order valence-corrected chi connectivity index (χ1v) is 17.5. The predicted molar refractivity (Wildman–Crippen MR) is 200 cm³/mol. The van der Waals surface area contributed by atoms with Crippen molar-refractivity contribution in [2.45, 2.75) is 91.1 Å². The van der Waals surface area contributed by atoms with Crippen molar-refractivity contribution in [3.8, 4) is 28.1 Å². The molecule has 10 heteroatoms. The summed E-state index contributed by atoms with van der Waals surface area (Å²) >= 11 is 6.59. The van der Waals surface area contributed by atoms with Crippen molar-refractivity contribution in [1.82, 2.24) is 14.6 Å². The fourth-order valence-electron chi connectivity index (χ4n) is 6.38. The highest BCUT2D eigenvalue weighted by molar-refractivity contribution is 6.31. The number of nitrogens with zero attached hydrogens (tertiary/aromatic N) is 4. The Balaban J connectivity index is 1.72. The van der Waals surface area contributed by atoms with Crippen LogP contribution >= 0.6 is 11.6 Å². The van der Waals surface area contributed by atoms with Crippen LogP contribution in [0.5, 0.6) is 5.75 Å². The minimum atomic E-state index is -1.27. The first-order chi connectivity index (χ1) is 23.6. The van der Waals surface area contributed by atoms with Gasteiger partial charge in [0.15, 0.2) is 11.8 Å². The number of para-hydroxylation sites is 1. The zero-order valence-electron chi connectivity index (χ0n) is 30.3. The SMILES string of the molecule is C=CCOC1(C)CCN(c2c(C(OC(C)(C)C)C(=O)O)c(C)nc3cc(-c4cccc(-c5ccc(C)c(Cl)c5)c4O[C@@H](C)CC=C)nn23)CC1. The molecule has 2 aromatic carbocycles. The van der Waals surface area contributed by atoms with Crippen LogP contribution in [0.25, 0.3) is 28.0 Å². The number of aliphatic carboxylic acids is 1. The van der Waals surface area contributed by atoms with Crippen LogP contribution < -0.4 is 9.64 Å². The number of hydrogen-bond donors (Lipinski definition) is 1. The summed E-state index contributed by atoms with van der Waals surface area (Å²) in [6.07, 6.45) is 4.28. The van der Waals surface area contributed by atoms with Gasteiger partial charge in [0.25, 0.3) is 0 Å². The summed E-state index contributed by atoms with van der Waals surface area (Å²) in [5.74, 6) is 0.215. The molecular formula is C40H49ClN4O5. The minimum Gasteiger partial charge on any atom is -0.489 e. The molecule has 2 atom stereocenters. The summed E-state index contributed by atoms with van der Waals surface area (Å²) in [6.45, 7) is 22.9. The molecule has 5 rings (SSSR count). The van der Waals surface area contributed by atoms with Crippen LogP contribution in [-0.2, 0) is 14.3 Å². The second-order valence-electron chi connectivity index (χ2n) is 14.3. The zero-order valence-corrected chi connectivity index (χ0v) is 31.0. The van der Waals surface area contributed by atoms with Crippen LogP contribution in [0.15, 0.2) is 67.8 Å².